The van der Waals surface area contributed by atoms with Crippen LogP contribution in [0.1, 0.15) is 172 Å². The van der Waals surface area contributed by atoms with Crippen LogP contribution in [-0.4, -0.2) is 81.8 Å². The van der Waals surface area contributed by atoms with Crippen LogP contribution in [0.15, 0.2) is 78.4 Å². The first-order valence-corrected chi connectivity index (χ1v) is 22.6. The lowest BCUT2D eigenvalue weighted by Gasteiger charge is -2.44. The summed E-state index contributed by atoms with van der Waals surface area (Å²) in [6, 6.07) is 3.62. The van der Waals surface area contributed by atoms with Gasteiger partial charge in [-0.15, -0.1) is 0 Å². The van der Waals surface area contributed by atoms with Crippen LogP contribution in [0, 0.1) is 29.1 Å². The Labute approximate surface area is 385 Å². The van der Waals surface area contributed by atoms with Crippen LogP contribution in [-0.2, 0) is 14.3 Å². The van der Waals surface area contributed by atoms with E-state index in [1.54, 1.807) is 43.3 Å². The Morgan fingerprint density at radius 1 is 0.692 bits per heavy atom. The summed E-state index contributed by atoms with van der Waals surface area (Å²) in [6.07, 6.45) is 17.2. The first-order chi connectivity index (χ1) is 30.6. The average molecular weight is 903 g/mol. The van der Waals surface area contributed by atoms with Crippen LogP contribution in [0.5, 0.6) is 0 Å². The highest BCUT2D eigenvalue weighted by Gasteiger charge is 2.39. The molecule has 0 aromatic carbocycles. The first kappa shape index (κ1) is 57.1. The molecule has 0 atom stereocenters. The minimum absolute atomic E-state index is 0.0100. The van der Waals surface area contributed by atoms with Gasteiger partial charge in [0.15, 0.2) is 17.3 Å². The van der Waals surface area contributed by atoms with E-state index in [1.807, 2.05) is 80.0 Å². The van der Waals surface area contributed by atoms with E-state index in [1.165, 1.54) is 17.7 Å². The van der Waals surface area contributed by atoms with E-state index < -0.39 is 0 Å². The molecule has 1 fully saturated rings. The maximum Gasteiger partial charge on any atom is 0.323 e. The third-order valence-electron chi connectivity index (χ3n) is 10.5. The van der Waals surface area contributed by atoms with Crippen molar-refractivity contribution in [2.75, 3.05) is 13.2 Å². The Bertz CT molecular complexity index is 2020. The van der Waals surface area contributed by atoms with Gasteiger partial charge in [0.1, 0.15) is 0 Å². The molecule has 0 spiro atoms. The molecule has 1 amide bonds. The van der Waals surface area contributed by atoms with E-state index in [0.717, 1.165) is 24.8 Å². The number of nitrogens with zero attached hydrogens (tertiary/aromatic N) is 3. The average Bonchev–Trinajstić information content (AvgIpc) is 4.08. The molecule has 7 heterocycles. The molecule has 360 valence electrons. The number of amides is 1. The number of rotatable bonds is 11. The molecule has 7 rings (SSSR count). The molecular weight excluding hydrogens is 825 g/mol. The minimum atomic E-state index is -0.126. The summed E-state index contributed by atoms with van der Waals surface area (Å²) in [5.74, 6) is 2.66. The third-order valence-corrected chi connectivity index (χ3v) is 10.5. The summed E-state index contributed by atoms with van der Waals surface area (Å²) in [5, 5.41) is 15.4. The summed E-state index contributed by atoms with van der Waals surface area (Å²) < 4.78 is 5.19. The molecule has 2 aliphatic heterocycles. The lowest BCUT2D eigenvalue weighted by molar-refractivity contribution is -0.140. The van der Waals surface area contributed by atoms with Crippen molar-refractivity contribution in [3.63, 3.8) is 0 Å². The number of carbonyl (C=O) groups is 4. The van der Waals surface area contributed by atoms with Crippen LogP contribution < -0.4 is 11.0 Å². The van der Waals surface area contributed by atoms with E-state index >= 15 is 0 Å². The van der Waals surface area contributed by atoms with Crippen LogP contribution >= 0.6 is 0 Å². The van der Waals surface area contributed by atoms with E-state index in [0.29, 0.717) is 46.5 Å². The van der Waals surface area contributed by atoms with Crippen molar-refractivity contribution in [2.45, 2.75) is 134 Å². The van der Waals surface area contributed by atoms with Crippen LogP contribution in [0.25, 0.3) is 0 Å². The van der Waals surface area contributed by atoms with Gasteiger partial charge < -0.3 is 30.0 Å². The topological polar surface area (TPSA) is 240 Å². The highest BCUT2D eigenvalue weighted by molar-refractivity contribution is 6.03. The van der Waals surface area contributed by atoms with Gasteiger partial charge in [0.2, 0.25) is 5.91 Å². The molecule has 16 nitrogen and oxygen atoms in total. The molecule has 1 saturated heterocycles. The van der Waals surface area contributed by atoms with Crippen molar-refractivity contribution in [3.8, 4) is 0 Å². The summed E-state index contributed by atoms with van der Waals surface area (Å²) >= 11 is 0. The van der Waals surface area contributed by atoms with Gasteiger partial charge in [-0.1, -0.05) is 104 Å². The van der Waals surface area contributed by atoms with Gasteiger partial charge in [0, 0.05) is 72.0 Å². The number of carbonyl (C=O) groups excluding carboxylic acids is 4. The molecule has 0 radical (unpaired) electrons. The zero-order valence-corrected chi connectivity index (χ0v) is 41.5. The number of Topliss-reactive ketones (excluding diaryl/α,β-unsaturated/α-hetero) is 3. The minimum Gasteiger partial charge on any atom is -0.380 e. The smallest absolute Gasteiger partial charge is 0.323 e. The standard InChI is InChI=1S/C8H11NO2.C8H11NO.C8H16O.C7H10N2O.C6H10N2O.2C6H10N2/c1-5(2)8(11)6-3-4-7(10)9-6;1-6(2)8(10)7-4-3-5-9-7;1-4-8(7(2)3)5-9-6-8;1-5(2)7(10)6-3-8-9-4-6;1-4(2)5-3-7-6(9)8-5;1-5(2)6-3-7-4-8-6;1-5(2)6-3-7-8-4-6/h3,5H,4H2,1-2H3,(H,9,10);3-6,9H,1-2H3;7H,4-6H2,1-3H3;3-5H,1-2H3,(H,8,9);3-4H,1-2H3,(H2,7,8,9);2*3-5H,1-2H3,(H,7,8). The van der Waals surface area contributed by atoms with Crippen molar-refractivity contribution < 1.29 is 23.9 Å². The van der Waals surface area contributed by atoms with Gasteiger partial charge in [0.25, 0.3) is 0 Å². The SMILES string of the molecule is CC(C)C(=O)C1=CCC(=O)N1.CC(C)C(=O)c1ccc[nH]1.CC(C)C(=O)c1cn[nH]c1.CC(C)c1c[nH]c(=O)[nH]1.CC(C)c1cn[nH]c1.CC(C)c1cnc[nH]1.CCC1(C(C)C)COC1. The molecule has 2 aliphatic rings. The van der Waals surface area contributed by atoms with Crippen molar-refractivity contribution in [1.82, 2.24) is 50.6 Å². The van der Waals surface area contributed by atoms with Gasteiger partial charge in [0.05, 0.1) is 48.9 Å². The van der Waals surface area contributed by atoms with E-state index in [2.05, 4.69) is 99.1 Å². The Morgan fingerprint density at radius 2 is 1.29 bits per heavy atom. The number of ether oxygens (including phenoxy) is 1. The van der Waals surface area contributed by atoms with Crippen molar-refractivity contribution in [2.24, 2.45) is 29.1 Å². The first-order valence-electron chi connectivity index (χ1n) is 22.6. The highest BCUT2D eigenvalue weighted by Crippen LogP contribution is 2.38. The predicted octanol–water partition coefficient (Wildman–Crippen LogP) is 9.68. The van der Waals surface area contributed by atoms with Crippen molar-refractivity contribution in [3.05, 3.63) is 112 Å². The molecular formula is C49H78N10O6. The van der Waals surface area contributed by atoms with Gasteiger partial charge in [-0.3, -0.25) is 29.4 Å². The summed E-state index contributed by atoms with van der Waals surface area (Å²) in [4.78, 5) is 69.7. The largest absolute Gasteiger partial charge is 0.380 e. The van der Waals surface area contributed by atoms with E-state index in [9.17, 15) is 24.0 Å². The second-order valence-corrected chi connectivity index (χ2v) is 18.1. The molecule has 0 unspecified atom stereocenters. The number of imidazole rings is 2. The van der Waals surface area contributed by atoms with Gasteiger partial charge >= 0.3 is 5.69 Å². The second kappa shape index (κ2) is 29.5. The molecule has 16 heteroatoms. The number of H-pyrrole nitrogens is 6. The number of allylic oxidation sites excluding steroid dienone is 1. The number of hydrogen-bond acceptors (Lipinski definition) is 9. The van der Waals surface area contributed by atoms with Crippen LogP contribution in [0.2, 0.25) is 0 Å². The predicted molar refractivity (Wildman–Crippen MR) is 258 cm³/mol. The van der Waals surface area contributed by atoms with Crippen molar-refractivity contribution in [1.29, 1.82) is 0 Å². The molecule has 0 saturated carbocycles. The fourth-order valence-corrected chi connectivity index (χ4v) is 5.56. The number of aromatic amines is 6. The second-order valence-electron chi connectivity index (χ2n) is 18.1. The summed E-state index contributed by atoms with van der Waals surface area (Å²) in [6.45, 7) is 32.6. The quantitative estimate of drug-likeness (QED) is 0.0624. The van der Waals surface area contributed by atoms with Gasteiger partial charge in [-0.2, -0.15) is 10.2 Å². The molecule has 7 N–H and O–H groups in total. The van der Waals surface area contributed by atoms with Crippen molar-refractivity contribution >= 4 is 23.3 Å². The van der Waals surface area contributed by atoms with Gasteiger partial charge in [-0.05, 0) is 53.9 Å². The number of hydrogen-bond donors (Lipinski definition) is 7. The zero-order valence-electron chi connectivity index (χ0n) is 41.5. The normalized spacial score (nSPS) is 13.3. The molecule has 65 heavy (non-hydrogen) atoms. The summed E-state index contributed by atoms with van der Waals surface area (Å²) in [5.41, 5.74) is 5.67. The zero-order chi connectivity index (χ0) is 49.3. The number of aromatic nitrogens is 9. The number of ketones is 3. The Balaban J connectivity index is 0.000000380. The molecule has 5 aromatic heterocycles. The molecule has 5 aromatic rings. The molecule has 0 bridgehead atoms. The molecule has 0 aliphatic carbocycles. The fourth-order valence-electron chi connectivity index (χ4n) is 5.56. The maximum atomic E-state index is 11.2. The Hall–Kier alpha value is -5.90. The monoisotopic (exact) mass is 903 g/mol. The van der Waals surface area contributed by atoms with Gasteiger partial charge in [-0.25, -0.2) is 9.78 Å². The maximum absolute atomic E-state index is 11.2. The van der Waals surface area contributed by atoms with Crippen LogP contribution in [0.3, 0.4) is 0 Å². The highest BCUT2D eigenvalue weighted by atomic mass is 16.5. The summed E-state index contributed by atoms with van der Waals surface area (Å²) in [7, 11) is 0. The lowest BCUT2D eigenvalue weighted by atomic mass is 9.73. The fraction of sp³-hybridized carbons (Fsp3) is 0.551. The Morgan fingerprint density at radius 3 is 1.57 bits per heavy atom. The van der Waals surface area contributed by atoms with E-state index in [4.69, 9.17) is 4.74 Å². The Kier molecular flexibility index (Phi) is 25.9. The van der Waals surface area contributed by atoms with Crippen LogP contribution in [0.4, 0.5) is 0 Å². The number of nitrogens with one attached hydrogen (secondary N) is 7. The lowest BCUT2D eigenvalue weighted by Crippen LogP contribution is -2.46. The van der Waals surface area contributed by atoms with E-state index in [-0.39, 0.29) is 46.7 Å². The third kappa shape index (κ3) is 21.1.